The summed E-state index contributed by atoms with van der Waals surface area (Å²) in [6, 6.07) is 17.0. The highest BCUT2D eigenvalue weighted by Crippen LogP contribution is 2.35. The quantitative estimate of drug-likeness (QED) is 0.119. The fourth-order valence-electron chi connectivity index (χ4n) is 4.52. The van der Waals surface area contributed by atoms with Crippen LogP contribution in [0.25, 0.3) is 0 Å². The van der Waals surface area contributed by atoms with Crippen LogP contribution < -0.4 is 35.0 Å². The second-order valence-corrected chi connectivity index (χ2v) is 10.7. The maximum absolute atomic E-state index is 12.6. The van der Waals surface area contributed by atoms with Crippen LogP contribution in [0.2, 0.25) is 0 Å². The predicted octanol–water partition coefficient (Wildman–Crippen LogP) is 5.16. The molecule has 1 atom stereocenters. The lowest BCUT2D eigenvalue weighted by atomic mass is 9.95. The van der Waals surface area contributed by atoms with Gasteiger partial charge in [-0.2, -0.15) is 5.10 Å². The Morgan fingerprint density at radius 3 is 2.43 bits per heavy atom. The second kappa shape index (κ2) is 16.3. The average Bonchev–Trinajstić information content (AvgIpc) is 3.04. The Bertz CT molecular complexity index is 1630. The molecule has 0 radical (unpaired) electrons. The van der Waals surface area contributed by atoms with E-state index in [1.807, 2.05) is 37.3 Å². The maximum atomic E-state index is 12.6. The number of benzene rings is 3. The van der Waals surface area contributed by atoms with Crippen molar-refractivity contribution in [1.82, 2.24) is 16.1 Å². The van der Waals surface area contributed by atoms with Crippen LogP contribution in [-0.2, 0) is 20.9 Å². The molecule has 3 N–H and O–H groups in total. The van der Waals surface area contributed by atoms with Gasteiger partial charge in [0.2, 0.25) is 0 Å². The minimum Gasteiger partial charge on any atom is -0.493 e. The first-order valence-corrected chi connectivity index (χ1v) is 15.2. The third-order valence-corrected chi connectivity index (χ3v) is 7.32. The molecule has 3 amide bonds. The number of urea groups is 1. The van der Waals surface area contributed by atoms with E-state index in [0.717, 1.165) is 5.56 Å². The summed E-state index contributed by atoms with van der Waals surface area (Å²) in [6.07, 6.45) is 1.48. The number of hydrogen-bond acceptors (Lipinski definition) is 9. The molecule has 3 aromatic carbocycles. The first-order chi connectivity index (χ1) is 22.2. The molecule has 0 unspecified atom stereocenters. The highest BCUT2D eigenvalue weighted by atomic mass is 79.9. The number of nitrogens with zero attached hydrogens (tertiary/aromatic N) is 1. The molecule has 0 aromatic heterocycles. The Morgan fingerprint density at radius 1 is 0.957 bits per heavy atom. The summed E-state index contributed by atoms with van der Waals surface area (Å²) in [7, 11) is 1.44. The van der Waals surface area contributed by atoms with Gasteiger partial charge in [0.15, 0.2) is 29.6 Å². The van der Waals surface area contributed by atoms with Gasteiger partial charge in [0.25, 0.3) is 5.91 Å². The molecule has 13 heteroatoms. The third kappa shape index (κ3) is 8.78. The van der Waals surface area contributed by atoms with Gasteiger partial charge in [0.05, 0.1) is 38.2 Å². The molecule has 1 aliphatic heterocycles. The van der Waals surface area contributed by atoms with Crippen molar-refractivity contribution in [2.75, 3.05) is 26.9 Å². The van der Waals surface area contributed by atoms with E-state index in [-0.39, 0.29) is 24.5 Å². The highest BCUT2D eigenvalue weighted by Gasteiger charge is 2.32. The van der Waals surface area contributed by atoms with E-state index >= 15 is 0 Å². The first kappa shape index (κ1) is 33.8. The van der Waals surface area contributed by atoms with Crippen molar-refractivity contribution in [2.45, 2.75) is 33.4 Å². The van der Waals surface area contributed by atoms with Gasteiger partial charge in [-0.1, -0.05) is 36.4 Å². The van der Waals surface area contributed by atoms with Crippen LogP contribution in [0.3, 0.4) is 0 Å². The topological polar surface area (TPSA) is 146 Å². The highest BCUT2D eigenvalue weighted by molar-refractivity contribution is 9.10. The van der Waals surface area contributed by atoms with Gasteiger partial charge in [-0.3, -0.25) is 4.79 Å². The Morgan fingerprint density at radius 2 is 1.72 bits per heavy atom. The summed E-state index contributed by atoms with van der Waals surface area (Å²) in [4.78, 5) is 37.4. The Kier molecular flexibility index (Phi) is 12.0. The van der Waals surface area contributed by atoms with Crippen molar-refractivity contribution >= 4 is 40.1 Å². The standard InChI is InChI=1S/C33H35BrN4O8/c1-5-43-27-15-23(24(34)16-28(27)45-18-21-10-8-7-9-11-21)17-35-38-29(39)19-46-25-13-12-22(14-26(25)42-4)31-30(32(40)44-6-2)20(3)36-33(41)37-31/h7-17,31H,5-6,18-19H2,1-4H3,(H,38,39)(H2,36,37,41)/b35-17-/t31-/m1/s1. The number of carbonyl (C=O) groups excluding carboxylic acids is 3. The SMILES string of the molecule is CCOC(=O)C1=C(C)NC(=O)N[C@@H]1c1ccc(OCC(=O)N/N=C\c2cc(OCC)c(OCc3ccccc3)cc2Br)c(OC)c1. The lowest BCUT2D eigenvalue weighted by Gasteiger charge is -2.28. The normalized spacial score (nSPS) is 14.3. The van der Waals surface area contributed by atoms with Crippen molar-refractivity contribution in [3.8, 4) is 23.0 Å². The van der Waals surface area contributed by atoms with Gasteiger partial charge < -0.3 is 34.3 Å². The number of hydrogen-bond donors (Lipinski definition) is 3. The molecular formula is C33H35BrN4O8. The lowest BCUT2D eigenvalue weighted by molar-refractivity contribution is -0.139. The van der Waals surface area contributed by atoms with E-state index in [1.54, 1.807) is 44.2 Å². The van der Waals surface area contributed by atoms with Crippen LogP contribution in [0.15, 0.2) is 81.5 Å². The molecule has 242 valence electrons. The molecule has 4 rings (SSSR count). The molecular weight excluding hydrogens is 660 g/mol. The number of ether oxygens (including phenoxy) is 5. The van der Waals surface area contributed by atoms with Crippen LogP contribution >= 0.6 is 15.9 Å². The van der Waals surface area contributed by atoms with Crippen molar-refractivity contribution in [3.05, 3.63) is 93.1 Å². The number of amides is 3. The first-order valence-electron chi connectivity index (χ1n) is 14.4. The number of esters is 1. The summed E-state index contributed by atoms with van der Waals surface area (Å²) in [5.74, 6) is 0.613. The second-order valence-electron chi connectivity index (χ2n) is 9.81. The van der Waals surface area contributed by atoms with Crippen molar-refractivity contribution in [3.63, 3.8) is 0 Å². The Hall–Kier alpha value is -5.04. The molecule has 0 aliphatic carbocycles. The molecule has 0 bridgehead atoms. The van der Waals surface area contributed by atoms with E-state index in [0.29, 0.717) is 51.8 Å². The van der Waals surface area contributed by atoms with Gasteiger partial charge in [-0.25, -0.2) is 15.0 Å². The zero-order valence-corrected chi connectivity index (χ0v) is 27.4. The monoisotopic (exact) mass is 694 g/mol. The van der Waals surface area contributed by atoms with Gasteiger partial charge >= 0.3 is 12.0 Å². The summed E-state index contributed by atoms with van der Waals surface area (Å²) >= 11 is 3.53. The molecule has 46 heavy (non-hydrogen) atoms. The van der Waals surface area contributed by atoms with E-state index < -0.39 is 23.9 Å². The van der Waals surface area contributed by atoms with Crippen LogP contribution in [0.5, 0.6) is 23.0 Å². The Labute approximate surface area is 275 Å². The smallest absolute Gasteiger partial charge is 0.338 e. The zero-order valence-electron chi connectivity index (χ0n) is 25.8. The van der Waals surface area contributed by atoms with Crippen molar-refractivity contribution in [1.29, 1.82) is 0 Å². The lowest BCUT2D eigenvalue weighted by Crippen LogP contribution is -2.45. The zero-order chi connectivity index (χ0) is 33.1. The molecule has 3 aromatic rings. The fraction of sp³-hybridized carbons (Fsp3) is 0.273. The summed E-state index contributed by atoms with van der Waals surface area (Å²) < 4.78 is 28.8. The van der Waals surface area contributed by atoms with E-state index in [9.17, 15) is 14.4 Å². The molecule has 0 spiro atoms. The number of methoxy groups -OCH3 is 1. The van der Waals surface area contributed by atoms with E-state index in [1.165, 1.54) is 13.3 Å². The van der Waals surface area contributed by atoms with Crippen molar-refractivity contribution < 1.29 is 38.1 Å². The van der Waals surface area contributed by atoms with Gasteiger partial charge in [-0.15, -0.1) is 0 Å². The van der Waals surface area contributed by atoms with Crippen molar-refractivity contribution in [2.24, 2.45) is 5.10 Å². The minimum absolute atomic E-state index is 0.181. The minimum atomic E-state index is -0.777. The third-order valence-electron chi connectivity index (χ3n) is 6.64. The van der Waals surface area contributed by atoms with Gasteiger partial charge in [0.1, 0.15) is 6.61 Å². The largest absolute Gasteiger partial charge is 0.493 e. The molecule has 0 saturated heterocycles. The van der Waals surface area contributed by atoms with Crippen LogP contribution in [0.1, 0.15) is 43.5 Å². The number of nitrogens with one attached hydrogen (secondary N) is 3. The maximum Gasteiger partial charge on any atom is 0.338 e. The molecule has 12 nitrogen and oxygen atoms in total. The van der Waals surface area contributed by atoms with Gasteiger partial charge in [0, 0.05) is 15.7 Å². The predicted molar refractivity (Wildman–Crippen MR) is 174 cm³/mol. The van der Waals surface area contributed by atoms with Crippen LogP contribution in [0.4, 0.5) is 4.79 Å². The molecule has 1 heterocycles. The fourth-order valence-corrected chi connectivity index (χ4v) is 4.95. The van der Waals surface area contributed by atoms with Crippen LogP contribution in [-0.4, -0.2) is 51.1 Å². The van der Waals surface area contributed by atoms with E-state index in [2.05, 4.69) is 37.1 Å². The molecule has 0 fully saturated rings. The van der Waals surface area contributed by atoms with E-state index in [4.69, 9.17) is 23.7 Å². The molecule has 0 saturated carbocycles. The summed E-state index contributed by atoms with van der Waals surface area (Å²) in [5.41, 5.74) is 5.34. The number of halogens is 1. The van der Waals surface area contributed by atoms with Gasteiger partial charge in [-0.05, 0) is 72.1 Å². The number of hydrazone groups is 1. The summed E-state index contributed by atoms with van der Waals surface area (Å²) in [6.45, 7) is 5.84. The number of rotatable bonds is 14. The number of carbonyl (C=O) groups is 3. The number of allylic oxidation sites excluding steroid dienone is 1. The molecule has 1 aliphatic rings. The van der Waals surface area contributed by atoms with Crippen LogP contribution in [0, 0.1) is 0 Å². The summed E-state index contributed by atoms with van der Waals surface area (Å²) in [5, 5.41) is 9.39. The average molecular weight is 696 g/mol. The Balaban J connectivity index is 1.39.